The zero-order valence-corrected chi connectivity index (χ0v) is 9.67. The predicted molar refractivity (Wildman–Crippen MR) is 57.6 cm³/mol. The lowest BCUT2D eigenvalue weighted by molar-refractivity contribution is 0.0412. The first kappa shape index (κ1) is 10.7. The van der Waals surface area contributed by atoms with Gasteiger partial charge in [0.25, 0.3) is 0 Å². The molecule has 4 nitrogen and oxygen atoms in total. The van der Waals surface area contributed by atoms with Crippen molar-refractivity contribution >= 4 is 6.09 Å². The van der Waals surface area contributed by atoms with Gasteiger partial charge in [-0.3, -0.25) is 0 Å². The van der Waals surface area contributed by atoms with Crippen molar-refractivity contribution in [3.63, 3.8) is 0 Å². The molecule has 15 heavy (non-hydrogen) atoms. The minimum Gasteiger partial charge on any atom is -0.449 e. The van der Waals surface area contributed by atoms with Gasteiger partial charge in [0.2, 0.25) is 0 Å². The molecule has 2 N–H and O–H groups in total. The fraction of sp³-hybridized carbons (Fsp3) is 0.909. The summed E-state index contributed by atoms with van der Waals surface area (Å²) in [6.45, 7) is 9.00. The summed E-state index contributed by atoms with van der Waals surface area (Å²) >= 11 is 0. The summed E-state index contributed by atoms with van der Waals surface area (Å²) < 4.78 is 5.24. The lowest BCUT2D eigenvalue weighted by atomic mass is 9.68. The first-order valence-corrected chi connectivity index (χ1v) is 5.68. The Morgan fingerprint density at radius 2 is 2.20 bits per heavy atom. The second-order valence-corrected chi connectivity index (χ2v) is 5.25. The van der Waals surface area contributed by atoms with E-state index in [1.54, 1.807) is 0 Å². The highest BCUT2D eigenvalue weighted by atomic mass is 16.5. The Bertz CT molecular complexity index is 267. The van der Waals surface area contributed by atoms with Crippen LogP contribution in [0.25, 0.3) is 0 Å². The summed E-state index contributed by atoms with van der Waals surface area (Å²) in [6.07, 6.45) is -0.266. The van der Waals surface area contributed by atoms with Crippen molar-refractivity contribution in [1.29, 1.82) is 0 Å². The van der Waals surface area contributed by atoms with Crippen molar-refractivity contribution in [2.75, 3.05) is 19.7 Å². The second kappa shape index (κ2) is 3.67. The Morgan fingerprint density at radius 1 is 1.47 bits per heavy atom. The average molecular weight is 212 g/mol. The molecular weight excluding hydrogens is 192 g/mol. The van der Waals surface area contributed by atoms with E-state index in [1.807, 2.05) is 0 Å². The van der Waals surface area contributed by atoms with Crippen LogP contribution in [0, 0.1) is 17.3 Å². The smallest absolute Gasteiger partial charge is 0.407 e. The maximum Gasteiger partial charge on any atom is 0.407 e. The van der Waals surface area contributed by atoms with E-state index in [0.29, 0.717) is 18.4 Å². The largest absolute Gasteiger partial charge is 0.449 e. The molecule has 0 aromatic heterocycles. The molecule has 4 heteroatoms. The van der Waals surface area contributed by atoms with E-state index in [0.717, 1.165) is 13.1 Å². The number of nitrogens with one attached hydrogen (secondary N) is 2. The molecule has 0 aromatic carbocycles. The zero-order chi connectivity index (χ0) is 11.1. The Balaban J connectivity index is 2.26. The van der Waals surface area contributed by atoms with E-state index in [9.17, 15) is 4.79 Å². The third kappa shape index (κ3) is 1.71. The average Bonchev–Trinajstić information content (AvgIpc) is 2.58. The van der Waals surface area contributed by atoms with Crippen molar-refractivity contribution in [3.8, 4) is 0 Å². The third-order valence-electron chi connectivity index (χ3n) is 4.20. The summed E-state index contributed by atoms with van der Waals surface area (Å²) in [7, 11) is 0. The van der Waals surface area contributed by atoms with Crippen LogP contribution in [0.2, 0.25) is 0 Å². The van der Waals surface area contributed by atoms with Crippen LogP contribution in [-0.4, -0.2) is 31.8 Å². The van der Waals surface area contributed by atoms with Crippen molar-refractivity contribution in [1.82, 2.24) is 10.6 Å². The molecule has 3 unspecified atom stereocenters. The number of rotatable bonds is 1. The van der Waals surface area contributed by atoms with Gasteiger partial charge < -0.3 is 15.4 Å². The van der Waals surface area contributed by atoms with Gasteiger partial charge in [0.1, 0.15) is 0 Å². The second-order valence-electron chi connectivity index (χ2n) is 5.25. The highest BCUT2D eigenvalue weighted by Crippen LogP contribution is 2.40. The van der Waals surface area contributed by atoms with Gasteiger partial charge in [-0.05, 0) is 5.92 Å². The van der Waals surface area contributed by atoms with Gasteiger partial charge in [-0.1, -0.05) is 20.8 Å². The van der Waals surface area contributed by atoms with E-state index in [2.05, 4.69) is 31.4 Å². The molecule has 0 spiro atoms. The van der Waals surface area contributed by atoms with E-state index in [1.165, 1.54) is 0 Å². The summed E-state index contributed by atoms with van der Waals surface area (Å²) in [5.41, 5.74) is 0.0767. The summed E-state index contributed by atoms with van der Waals surface area (Å²) in [6, 6.07) is 0.229. The molecule has 2 saturated heterocycles. The first-order chi connectivity index (χ1) is 7.04. The Labute approximate surface area is 90.8 Å². The van der Waals surface area contributed by atoms with Crippen LogP contribution in [-0.2, 0) is 4.74 Å². The highest BCUT2D eigenvalue weighted by Gasteiger charge is 2.47. The van der Waals surface area contributed by atoms with Gasteiger partial charge in [-0.15, -0.1) is 0 Å². The summed E-state index contributed by atoms with van der Waals surface area (Å²) in [5, 5.41) is 6.28. The molecule has 2 aliphatic rings. The van der Waals surface area contributed by atoms with Gasteiger partial charge in [0.15, 0.2) is 0 Å². The molecule has 2 rings (SSSR count). The SMILES string of the molecule is CC(C)C1(C)COC(=O)NC2CNCC21. The molecule has 1 amide bonds. The fourth-order valence-electron chi connectivity index (χ4n) is 2.64. The number of carbonyl (C=O) groups excluding carboxylic acids is 1. The maximum atomic E-state index is 11.4. The lowest BCUT2D eigenvalue weighted by Crippen LogP contribution is -2.44. The number of alkyl carbamates (subject to hydrolysis) is 1. The molecule has 0 saturated carbocycles. The third-order valence-corrected chi connectivity index (χ3v) is 4.20. The Kier molecular flexibility index (Phi) is 2.63. The van der Waals surface area contributed by atoms with Crippen LogP contribution in [0.3, 0.4) is 0 Å². The molecule has 2 aliphatic heterocycles. The number of hydrogen-bond donors (Lipinski definition) is 2. The monoisotopic (exact) mass is 212 g/mol. The van der Waals surface area contributed by atoms with Crippen molar-refractivity contribution in [2.24, 2.45) is 17.3 Å². The number of hydrogen-bond acceptors (Lipinski definition) is 3. The molecule has 0 bridgehead atoms. The van der Waals surface area contributed by atoms with Crippen LogP contribution in [0.15, 0.2) is 0 Å². The van der Waals surface area contributed by atoms with Crippen LogP contribution in [0.1, 0.15) is 20.8 Å². The number of ether oxygens (including phenoxy) is 1. The van der Waals surface area contributed by atoms with Gasteiger partial charge in [-0.25, -0.2) is 4.79 Å². The molecule has 2 heterocycles. The topological polar surface area (TPSA) is 50.4 Å². The number of cyclic esters (lactones) is 1. The van der Waals surface area contributed by atoms with Crippen LogP contribution >= 0.6 is 0 Å². The first-order valence-electron chi connectivity index (χ1n) is 5.68. The minimum absolute atomic E-state index is 0.0767. The Morgan fingerprint density at radius 3 is 2.87 bits per heavy atom. The van der Waals surface area contributed by atoms with Crippen LogP contribution < -0.4 is 10.6 Å². The predicted octanol–water partition coefficient (Wildman–Crippen LogP) is 0.977. The Hall–Kier alpha value is -0.770. The van der Waals surface area contributed by atoms with Gasteiger partial charge in [-0.2, -0.15) is 0 Å². The standard InChI is InChI=1S/C11H20N2O2/c1-7(2)11(3)6-15-10(14)13-9-5-12-4-8(9)11/h7-9,12H,4-6H2,1-3H3,(H,13,14). The lowest BCUT2D eigenvalue weighted by Gasteiger charge is -2.38. The maximum absolute atomic E-state index is 11.4. The van der Waals surface area contributed by atoms with E-state index >= 15 is 0 Å². The quantitative estimate of drug-likeness (QED) is 0.681. The number of amides is 1. The molecular formula is C11H20N2O2. The highest BCUT2D eigenvalue weighted by molar-refractivity contribution is 5.68. The van der Waals surface area contributed by atoms with E-state index in [-0.39, 0.29) is 17.6 Å². The molecule has 0 aliphatic carbocycles. The molecule has 86 valence electrons. The van der Waals surface area contributed by atoms with E-state index in [4.69, 9.17) is 4.74 Å². The van der Waals surface area contributed by atoms with Crippen molar-refractivity contribution in [3.05, 3.63) is 0 Å². The molecule has 0 aromatic rings. The molecule has 3 atom stereocenters. The van der Waals surface area contributed by atoms with Gasteiger partial charge in [0.05, 0.1) is 6.61 Å². The number of fused-ring (bicyclic) bond motifs is 1. The summed E-state index contributed by atoms with van der Waals surface area (Å²) in [4.78, 5) is 11.4. The van der Waals surface area contributed by atoms with Gasteiger partial charge in [0, 0.05) is 30.5 Å². The zero-order valence-electron chi connectivity index (χ0n) is 9.67. The van der Waals surface area contributed by atoms with Crippen LogP contribution in [0.4, 0.5) is 4.79 Å². The van der Waals surface area contributed by atoms with Crippen LogP contribution in [0.5, 0.6) is 0 Å². The van der Waals surface area contributed by atoms with Gasteiger partial charge >= 0.3 is 6.09 Å². The van der Waals surface area contributed by atoms with E-state index < -0.39 is 0 Å². The fourth-order valence-corrected chi connectivity index (χ4v) is 2.64. The molecule has 2 fully saturated rings. The minimum atomic E-state index is -0.266. The summed E-state index contributed by atoms with van der Waals surface area (Å²) in [5.74, 6) is 0.988. The van der Waals surface area contributed by atoms with Crippen molar-refractivity contribution < 1.29 is 9.53 Å². The normalized spacial score (nSPS) is 40.7. The van der Waals surface area contributed by atoms with Crippen molar-refractivity contribution in [2.45, 2.75) is 26.8 Å². The number of carbonyl (C=O) groups is 1. The molecule has 0 radical (unpaired) electrons.